The van der Waals surface area contributed by atoms with Gasteiger partial charge in [0.25, 0.3) is 0 Å². The Morgan fingerprint density at radius 1 is 0.800 bits per heavy atom. The van der Waals surface area contributed by atoms with Gasteiger partial charge in [-0.15, -0.1) is 0 Å². The van der Waals surface area contributed by atoms with E-state index in [-0.39, 0.29) is 63.6 Å². The molecule has 350 valence electrons. The molecule has 0 bridgehead atoms. The van der Waals surface area contributed by atoms with Crippen LogP contribution in [0.3, 0.4) is 0 Å². The van der Waals surface area contributed by atoms with Crippen LogP contribution in [0.15, 0.2) is 65.7 Å². The van der Waals surface area contributed by atoms with Gasteiger partial charge in [-0.2, -0.15) is 0 Å². The molecule has 3 aromatic rings. The van der Waals surface area contributed by atoms with Gasteiger partial charge < -0.3 is 53.3 Å². The Labute approximate surface area is 379 Å². The van der Waals surface area contributed by atoms with Gasteiger partial charge in [-0.1, -0.05) is 80.6 Å². The summed E-state index contributed by atoms with van der Waals surface area (Å²) in [7, 11) is 0. The summed E-state index contributed by atoms with van der Waals surface area (Å²) < 4.78 is 0. The molecule has 0 unspecified atom stereocenters. The van der Waals surface area contributed by atoms with Crippen molar-refractivity contribution >= 4 is 58.2 Å². The highest BCUT2D eigenvalue weighted by molar-refractivity contribution is 5.97. The minimum atomic E-state index is -1.15. The quantitative estimate of drug-likeness (QED) is 0.0679. The molecule has 3 heterocycles. The van der Waals surface area contributed by atoms with Crippen molar-refractivity contribution in [1.29, 1.82) is 0 Å². The first-order valence-electron chi connectivity index (χ1n) is 23.1. The number of hydrogen-bond acceptors (Lipinski definition) is 8. The molecule has 7 amide bonds. The molecule has 1 saturated carbocycles. The number of fused-ring (bicyclic) bond motifs is 2. The molecule has 1 aromatic heterocycles. The van der Waals surface area contributed by atoms with E-state index in [1.54, 1.807) is 0 Å². The first kappa shape index (κ1) is 48.0. The minimum Gasteiger partial charge on any atom is -0.370 e. The predicted molar refractivity (Wildman–Crippen MR) is 246 cm³/mol. The second-order valence-corrected chi connectivity index (χ2v) is 17.6. The summed E-state index contributed by atoms with van der Waals surface area (Å²) >= 11 is 0. The fraction of sp³-hybridized carbons (Fsp3) is 0.532. The van der Waals surface area contributed by atoms with Crippen molar-refractivity contribution in [2.75, 3.05) is 19.6 Å². The Hall–Kier alpha value is -6.46. The van der Waals surface area contributed by atoms with Crippen LogP contribution in [0, 0.1) is 5.92 Å². The number of aliphatic imine (C=N–C) groups is 1. The van der Waals surface area contributed by atoms with Crippen LogP contribution in [0.2, 0.25) is 0 Å². The number of nitrogens with one attached hydrogen (secondary N) is 7. The lowest BCUT2D eigenvalue weighted by molar-refractivity contribution is -0.142. The zero-order chi connectivity index (χ0) is 46.3. The second-order valence-electron chi connectivity index (χ2n) is 17.6. The van der Waals surface area contributed by atoms with Crippen LogP contribution in [-0.4, -0.2) is 113 Å². The zero-order valence-corrected chi connectivity index (χ0v) is 37.2. The Morgan fingerprint density at radius 3 is 2.25 bits per heavy atom. The lowest BCUT2D eigenvalue weighted by atomic mass is 9.84. The lowest BCUT2D eigenvalue weighted by Crippen LogP contribution is -2.60. The average molecular weight is 896 g/mol. The Kier molecular flexibility index (Phi) is 17.3. The third-order valence-corrected chi connectivity index (χ3v) is 12.5. The normalized spacial score (nSPS) is 23.4. The van der Waals surface area contributed by atoms with Crippen molar-refractivity contribution in [2.24, 2.45) is 22.4 Å². The molecular formula is C47H65N11O7. The topological polar surface area (TPSA) is 275 Å². The van der Waals surface area contributed by atoms with Gasteiger partial charge >= 0.3 is 0 Å². The highest BCUT2D eigenvalue weighted by Gasteiger charge is 2.40. The third kappa shape index (κ3) is 14.0. The van der Waals surface area contributed by atoms with Gasteiger partial charge in [-0.25, -0.2) is 0 Å². The average Bonchev–Trinajstić information content (AvgIpc) is 3.95. The molecule has 18 nitrogen and oxygen atoms in total. The molecule has 2 aliphatic heterocycles. The molecule has 3 aliphatic rings. The highest BCUT2D eigenvalue weighted by atomic mass is 16.2. The van der Waals surface area contributed by atoms with E-state index in [0.717, 1.165) is 48.6 Å². The van der Waals surface area contributed by atoms with E-state index in [1.807, 2.05) is 60.7 Å². The van der Waals surface area contributed by atoms with Crippen LogP contribution in [0.1, 0.15) is 95.2 Å². The number of amides is 7. The summed E-state index contributed by atoms with van der Waals surface area (Å²) in [6.07, 6.45) is 7.06. The molecule has 0 spiro atoms. The number of H-pyrrole nitrogens is 1. The number of carbonyl (C=O) groups excluding carboxylic acids is 7. The summed E-state index contributed by atoms with van der Waals surface area (Å²) in [5.74, 6) is -3.60. The van der Waals surface area contributed by atoms with Crippen LogP contribution >= 0.6 is 0 Å². The zero-order valence-electron chi connectivity index (χ0n) is 37.2. The monoisotopic (exact) mass is 896 g/mol. The van der Waals surface area contributed by atoms with E-state index >= 15 is 0 Å². The number of guanidine groups is 1. The van der Waals surface area contributed by atoms with E-state index in [1.165, 1.54) is 11.8 Å². The summed E-state index contributed by atoms with van der Waals surface area (Å²) in [5, 5.41) is 18.2. The summed E-state index contributed by atoms with van der Waals surface area (Å²) in [5.41, 5.74) is 13.4. The van der Waals surface area contributed by atoms with Crippen molar-refractivity contribution in [1.82, 2.24) is 41.8 Å². The molecule has 2 aromatic carbocycles. The molecule has 6 rings (SSSR count). The van der Waals surface area contributed by atoms with Gasteiger partial charge in [0, 0.05) is 50.6 Å². The Bertz CT molecular complexity index is 2140. The van der Waals surface area contributed by atoms with Gasteiger partial charge in [0.2, 0.25) is 41.4 Å². The van der Waals surface area contributed by atoms with Gasteiger partial charge in [0.05, 0.1) is 0 Å². The van der Waals surface area contributed by atoms with Crippen LogP contribution in [0.25, 0.3) is 10.9 Å². The first-order chi connectivity index (χ1) is 31.3. The number of nitrogens with two attached hydrogens (primary N) is 2. The molecule has 3 fully saturated rings. The Balaban J connectivity index is 1.31. The van der Waals surface area contributed by atoms with Crippen molar-refractivity contribution in [2.45, 2.75) is 133 Å². The fourth-order valence-corrected chi connectivity index (χ4v) is 9.22. The fourth-order valence-electron chi connectivity index (χ4n) is 9.22. The number of aromatic nitrogens is 1. The van der Waals surface area contributed by atoms with E-state index in [2.05, 4.69) is 41.9 Å². The smallest absolute Gasteiger partial charge is 0.245 e. The van der Waals surface area contributed by atoms with E-state index in [4.69, 9.17) is 11.5 Å². The minimum absolute atomic E-state index is 0.0604. The van der Waals surface area contributed by atoms with Gasteiger partial charge in [0.1, 0.15) is 36.3 Å². The number of hydrogen-bond donors (Lipinski definition) is 9. The van der Waals surface area contributed by atoms with E-state index < -0.39 is 77.6 Å². The SMILES string of the molecule is CC(=O)N[C@@H](Cc1ccccc1)C(=O)N[C@H]1CCCNC(=O)[C@H](CCCN=C(N)N)NC(=O)[C@H](Cc2cc3ccccc3[nH]2)NC(=O)[C@@H](CC2CCCCC2)NC(=O)[C@@H]2CCCN2C1=O. The predicted octanol–water partition coefficient (Wildman–Crippen LogP) is 1.32. The number of benzene rings is 2. The second kappa shape index (κ2) is 23.5. The molecule has 65 heavy (non-hydrogen) atoms. The van der Waals surface area contributed by atoms with Crippen molar-refractivity contribution in [3.8, 4) is 0 Å². The maximum absolute atomic E-state index is 14.6. The molecule has 1 aliphatic carbocycles. The molecular weight excluding hydrogens is 831 g/mol. The van der Waals surface area contributed by atoms with Gasteiger partial charge in [0.15, 0.2) is 5.96 Å². The van der Waals surface area contributed by atoms with Crippen LogP contribution in [0.5, 0.6) is 0 Å². The number of carbonyl (C=O) groups is 7. The highest BCUT2D eigenvalue weighted by Crippen LogP contribution is 2.28. The van der Waals surface area contributed by atoms with Crippen LogP contribution in [0.4, 0.5) is 0 Å². The summed E-state index contributed by atoms with van der Waals surface area (Å²) in [4.78, 5) is 107. The van der Waals surface area contributed by atoms with Crippen LogP contribution < -0.4 is 43.4 Å². The van der Waals surface area contributed by atoms with Gasteiger partial charge in [-0.3, -0.25) is 38.6 Å². The van der Waals surface area contributed by atoms with Crippen molar-refractivity contribution in [3.05, 3.63) is 71.9 Å². The number of rotatable bonds is 13. The largest absolute Gasteiger partial charge is 0.370 e. The van der Waals surface area contributed by atoms with E-state index in [9.17, 15) is 33.6 Å². The summed E-state index contributed by atoms with van der Waals surface area (Å²) in [6, 6.07) is 12.4. The molecule has 11 N–H and O–H groups in total. The third-order valence-electron chi connectivity index (χ3n) is 12.5. The van der Waals surface area contributed by atoms with Gasteiger partial charge in [-0.05, 0) is 73.9 Å². The Morgan fingerprint density at radius 2 is 1.51 bits per heavy atom. The standard InChI is InChI=1S/C47H65N11O7/c1-29(59)52-37(25-30-13-4-2-5-14-30)42(61)55-36-20-11-22-50-41(60)35(19-10-23-51-47(48)49)54-44(63)39(28-33-27-32-17-8-9-18-34(32)53-33)56-43(62)38(26-31-15-6-3-7-16-31)57-45(64)40-21-12-24-58(40)46(36)65/h2,4-5,8-9,13-14,17-18,27,31,35-40,53H,3,6-7,10-12,15-16,19-26,28H2,1H3,(H,50,60)(H,52,59)(H,54,63)(H,55,61)(H,56,62)(H,57,64)(H4,48,49,51)/t35-,36-,37-,38+,39-,40-/m0/s1. The van der Waals surface area contributed by atoms with Crippen LogP contribution in [-0.2, 0) is 46.4 Å². The number of para-hydroxylation sites is 1. The maximum atomic E-state index is 14.6. The summed E-state index contributed by atoms with van der Waals surface area (Å²) in [6.45, 7) is 1.82. The number of nitrogens with zero attached hydrogens (tertiary/aromatic N) is 2. The van der Waals surface area contributed by atoms with Crippen molar-refractivity contribution < 1.29 is 33.6 Å². The molecule has 2 saturated heterocycles. The maximum Gasteiger partial charge on any atom is 0.245 e. The molecule has 18 heteroatoms. The molecule has 0 radical (unpaired) electrons. The number of aromatic amines is 1. The van der Waals surface area contributed by atoms with Crippen molar-refractivity contribution in [3.63, 3.8) is 0 Å². The lowest BCUT2D eigenvalue weighted by Gasteiger charge is -2.32. The molecule has 6 atom stereocenters. The van der Waals surface area contributed by atoms with E-state index in [0.29, 0.717) is 31.4 Å². The first-order valence-corrected chi connectivity index (χ1v) is 23.1.